The highest BCUT2D eigenvalue weighted by molar-refractivity contribution is 6.10. The molecule has 0 fully saturated rings. The van der Waals surface area contributed by atoms with Gasteiger partial charge in [0.15, 0.2) is 11.5 Å². The van der Waals surface area contributed by atoms with Gasteiger partial charge in [-0.05, 0) is 13.0 Å². The minimum atomic E-state index is -0.231. The number of carbonyl (C=O) groups is 2. The molecule has 3 aromatic rings. The van der Waals surface area contributed by atoms with Gasteiger partial charge in [0.05, 0.1) is 5.56 Å². The van der Waals surface area contributed by atoms with Crippen molar-refractivity contribution < 1.29 is 14.0 Å². The van der Waals surface area contributed by atoms with E-state index >= 15 is 0 Å². The van der Waals surface area contributed by atoms with E-state index in [-0.39, 0.29) is 17.3 Å². The van der Waals surface area contributed by atoms with E-state index in [2.05, 4.69) is 0 Å². The fraction of sp³-hybridized carbons (Fsp3) is 0.0526. The molecule has 0 atom stereocenters. The molecule has 22 heavy (non-hydrogen) atoms. The molecule has 1 heterocycles. The minimum absolute atomic E-state index is 0.130. The maximum atomic E-state index is 12.5. The lowest BCUT2D eigenvalue weighted by Crippen LogP contribution is -1.99. The molecule has 0 saturated heterocycles. The zero-order valence-electron chi connectivity index (χ0n) is 12.1. The predicted molar refractivity (Wildman–Crippen MR) is 84.0 cm³/mol. The number of furan rings is 1. The molecule has 0 aliphatic carbocycles. The van der Waals surface area contributed by atoms with Crippen LogP contribution in [0.2, 0.25) is 0 Å². The summed E-state index contributed by atoms with van der Waals surface area (Å²) in [5, 5.41) is 0. The molecule has 3 nitrogen and oxygen atoms in total. The third kappa shape index (κ3) is 2.61. The summed E-state index contributed by atoms with van der Waals surface area (Å²) in [4.78, 5) is 24.3. The number of hydrogen-bond acceptors (Lipinski definition) is 3. The lowest BCUT2D eigenvalue weighted by atomic mass is 10.1. The molecule has 0 amide bonds. The third-order valence-corrected chi connectivity index (χ3v) is 3.41. The first-order valence-electron chi connectivity index (χ1n) is 6.97. The average Bonchev–Trinajstić information content (AvgIpc) is 3.01. The Morgan fingerprint density at radius 1 is 0.864 bits per heavy atom. The zero-order chi connectivity index (χ0) is 15.5. The number of carbonyl (C=O) groups excluding carboxylic acids is 2. The second-order valence-electron chi connectivity index (χ2n) is 4.97. The van der Waals surface area contributed by atoms with Crippen molar-refractivity contribution in [2.24, 2.45) is 0 Å². The molecule has 0 spiro atoms. The fourth-order valence-corrected chi connectivity index (χ4v) is 2.30. The number of rotatable bonds is 4. The molecule has 0 saturated carbocycles. The summed E-state index contributed by atoms with van der Waals surface area (Å²) >= 11 is 0. The Bertz CT molecular complexity index is 814. The van der Waals surface area contributed by atoms with Crippen molar-refractivity contribution in [1.29, 1.82) is 0 Å². The van der Waals surface area contributed by atoms with E-state index in [1.54, 1.807) is 24.3 Å². The minimum Gasteiger partial charge on any atom is -0.452 e. The largest absolute Gasteiger partial charge is 0.452 e. The van der Waals surface area contributed by atoms with E-state index in [4.69, 9.17) is 4.42 Å². The summed E-state index contributed by atoms with van der Waals surface area (Å²) in [7, 11) is 0. The van der Waals surface area contributed by atoms with Gasteiger partial charge in [0.1, 0.15) is 5.76 Å². The summed E-state index contributed by atoms with van der Waals surface area (Å²) in [6.07, 6.45) is 0. The van der Waals surface area contributed by atoms with Gasteiger partial charge in [-0.25, -0.2) is 0 Å². The second kappa shape index (κ2) is 5.82. The van der Waals surface area contributed by atoms with Crippen molar-refractivity contribution in [3.63, 3.8) is 0 Å². The van der Waals surface area contributed by atoms with Crippen molar-refractivity contribution in [3.05, 3.63) is 83.6 Å². The van der Waals surface area contributed by atoms with Crippen LogP contribution in [0.15, 0.2) is 71.1 Å². The van der Waals surface area contributed by atoms with Crippen molar-refractivity contribution in [2.75, 3.05) is 0 Å². The Labute approximate surface area is 128 Å². The van der Waals surface area contributed by atoms with Crippen LogP contribution in [0.3, 0.4) is 0 Å². The zero-order valence-corrected chi connectivity index (χ0v) is 12.1. The van der Waals surface area contributed by atoms with E-state index < -0.39 is 0 Å². The van der Waals surface area contributed by atoms with Crippen LogP contribution in [0.25, 0.3) is 11.3 Å². The fourth-order valence-electron chi connectivity index (χ4n) is 2.30. The van der Waals surface area contributed by atoms with Gasteiger partial charge in [0.2, 0.25) is 5.78 Å². The van der Waals surface area contributed by atoms with Crippen molar-refractivity contribution in [1.82, 2.24) is 0 Å². The summed E-state index contributed by atoms with van der Waals surface area (Å²) in [6.45, 7) is 1.47. The number of hydrogen-bond donors (Lipinski definition) is 0. The van der Waals surface area contributed by atoms with Crippen LogP contribution in [0, 0.1) is 0 Å². The van der Waals surface area contributed by atoms with E-state index in [0.717, 1.165) is 5.56 Å². The lowest BCUT2D eigenvalue weighted by Gasteiger charge is -1.99. The number of benzene rings is 2. The monoisotopic (exact) mass is 290 g/mol. The maximum Gasteiger partial charge on any atom is 0.228 e. The van der Waals surface area contributed by atoms with Crippen LogP contribution < -0.4 is 0 Å². The summed E-state index contributed by atoms with van der Waals surface area (Å²) in [5.74, 6) is 0.252. The SMILES string of the molecule is CC(=O)c1cc(C(=O)c2ccccc2)oc1-c1ccccc1. The molecule has 0 unspecified atom stereocenters. The molecule has 0 N–H and O–H groups in total. The Morgan fingerprint density at radius 3 is 2.05 bits per heavy atom. The van der Waals surface area contributed by atoms with E-state index in [1.165, 1.54) is 13.0 Å². The summed E-state index contributed by atoms with van der Waals surface area (Å²) in [5.41, 5.74) is 1.73. The molecule has 3 rings (SSSR count). The van der Waals surface area contributed by atoms with Crippen molar-refractivity contribution in [2.45, 2.75) is 6.92 Å². The molecule has 0 radical (unpaired) electrons. The number of Topliss-reactive ketones (excluding diaryl/α,β-unsaturated/α-hetero) is 1. The normalized spacial score (nSPS) is 10.4. The first-order valence-corrected chi connectivity index (χ1v) is 6.97. The maximum absolute atomic E-state index is 12.5. The molecule has 0 aliphatic heterocycles. The van der Waals surface area contributed by atoms with Gasteiger partial charge >= 0.3 is 0 Å². The first-order chi connectivity index (χ1) is 10.7. The third-order valence-electron chi connectivity index (χ3n) is 3.41. The van der Waals surface area contributed by atoms with Gasteiger partial charge < -0.3 is 4.42 Å². The van der Waals surface area contributed by atoms with Gasteiger partial charge in [-0.2, -0.15) is 0 Å². The van der Waals surface area contributed by atoms with Crippen LogP contribution in [0.1, 0.15) is 33.4 Å². The molecular formula is C19H14O3. The summed E-state index contributed by atoms with van der Waals surface area (Å²) < 4.78 is 5.71. The molecule has 1 aromatic heterocycles. The molecule has 0 aliphatic rings. The quantitative estimate of drug-likeness (QED) is 0.670. The summed E-state index contributed by atoms with van der Waals surface area (Å²) in [6, 6.07) is 19.7. The topological polar surface area (TPSA) is 47.3 Å². The van der Waals surface area contributed by atoms with Crippen LogP contribution >= 0.6 is 0 Å². The molecular weight excluding hydrogens is 276 g/mol. The van der Waals surface area contributed by atoms with Crippen molar-refractivity contribution in [3.8, 4) is 11.3 Å². The second-order valence-corrected chi connectivity index (χ2v) is 4.97. The number of ketones is 2. The standard InChI is InChI=1S/C19H14O3/c1-13(20)16-12-17(18(21)14-8-4-2-5-9-14)22-19(16)15-10-6-3-7-11-15/h2-12H,1H3. The molecule has 0 bridgehead atoms. The Balaban J connectivity index is 2.08. The highest BCUT2D eigenvalue weighted by Crippen LogP contribution is 2.28. The van der Waals surface area contributed by atoms with Gasteiger partial charge in [0, 0.05) is 11.1 Å². The average molecular weight is 290 g/mol. The van der Waals surface area contributed by atoms with Crippen LogP contribution in [-0.2, 0) is 0 Å². The van der Waals surface area contributed by atoms with Crippen LogP contribution in [0.4, 0.5) is 0 Å². The van der Waals surface area contributed by atoms with Crippen LogP contribution in [-0.4, -0.2) is 11.6 Å². The highest BCUT2D eigenvalue weighted by atomic mass is 16.3. The van der Waals surface area contributed by atoms with Gasteiger partial charge in [0.25, 0.3) is 0 Å². The Morgan fingerprint density at radius 2 is 1.45 bits per heavy atom. The Kier molecular flexibility index (Phi) is 3.71. The van der Waals surface area contributed by atoms with E-state index in [1.807, 2.05) is 36.4 Å². The lowest BCUT2D eigenvalue weighted by molar-refractivity contribution is 0.100. The Hall–Kier alpha value is -2.94. The predicted octanol–water partition coefficient (Wildman–Crippen LogP) is 4.38. The highest BCUT2D eigenvalue weighted by Gasteiger charge is 2.21. The van der Waals surface area contributed by atoms with E-state index in [9.17, 15) is 9.59 Å². The van der Waals surface area contributed by atoms with E-state index in [0.29, 0.717) is 16.9 Å². The van der Waals surface area contributed by atoms with Crippen molar-refractivity contribution >= 4 is 11.6 Å². The smallest absolute Gasteiger partial charge is 0.228 e. The van der Waals surface area contributed by atoms with Crippen LogP contribution in [0.5, 0.6) is 0 Å². The molecule has 2 aromatic carbocycles. The van der Waals surface area contributed by atoms with Gasteiger partial charge in [-0.3, -0.25) is 9.59 Å². The first kappa shape index (κ1) is 14.0. The molecule has 3 heteroatoms. The van der Waals surface area contributed by atoms with Gasteiger partial charge in [-0.1, -0.05) is 60.7 Å². The molecule has 108 valence electrons. The van der Waals surface area contributed by atoms with Gasteiger partial charge in [-0.15, -0.1) is 0 Å².